The van der Waals surface area contributed by atoms with E-state index in [1.54, 1.807) is 11.8 Å². The molecule has 0 radical (unpaired) electrons. The number of piperidine rings is 1. The molecule has 1 fully saturated rings. The highest BCUT2D eigenvalue weighted by Gasteiger charge is 2.15. The van der Waals surface area contributed by atoms with Crippen molar-refractivity contribution < 1.29 is 0 Å². The maximum atomic E-state index is 5.95. The molecule has 1 saturated heterocycles. The summed E-state index contributed by atoms with van der Waals surface area (Å²) in [5.41, 5.74) is 0. The molecule has 1 aliphatic rings. The average molecular weight is 312 g/mol. The molecule has 0 amide bonds. The first-order chi connectivity index (χ1) is 7.78. The van der Waals surface area contributed by atoms with Crippen molar-refractivity contribution in [3.8, 4) is 0 Å². The first-order valence-corrected chi connectivity index (χ1v) is 7.72. The van der Waals surface area contributed by atoms with Crippen molar-refractivity contribution >= 4 is 47.5 Å². The molecule has 2 heterocycles. The molecular formula is C10H15Cl2N3S2. The summed E-state index contributed by atoms with van der Waals surface area (Å²) in [6, 6.07) is 1.85. The fourth-order valence-electron chi connectivity index (χ4n) is 1.62. The summed E-state index contributed by atoms with van der Waals surface area (Å²) in [6.45, 7) is 2.19. The lowest BCUT2D eigenvalue weighted by molar-refractivity contribution is 0.531. The molecular weight excluding hydrogens is 297 g/mol. The third kappa shape index (κ3) is 4.83. The minimum Gasteiger partial charge on any atom is -0.316 e. The van der Waals surface area contributed by atoms with Crippen LogP contribution in [-0.2, 0) is 0 Å². The zero-order chi connectivity index (χ0) is 11.4. The number of hydrogen-bond acceptors (Lipinski definition) is 5. The minimum absolute atomic E-state index is 0. The van der Waals surface area contributed by atoms with Gasteiger partial charge >= 0.3 is 0 Å². The van der Waals surface area contributed by atoms with Crippen molar-refractivity contribution in [3.63, 3.8) is 0 Å². The minimum atomic E-state index is 0. The maximum Gasteiger partial charge on any atom is 0.189 e. The summed E-state index contributed by atoms with van der Waals surface area (Å²) in [5, 5.41) is 6.27. The van der Waals surface area contributed by atoms with Gasteiger partial charge in [-0.1, -0.05) is 23.4 Å². The first kappa shape index (κ1) is 15.4. The highest BCUT2D eigenvalue weighted by molar-refractivity contribution is 8.00. The van der Waals surface area contributed by atoms with Crippen LogP contribution in [0.4, 0.5) is 0 Å². The Bertz CT molecular complexity index is 359. The van der Waals surface area contributed by atoms with E-state index in [0.29, 0.717) is 10.4 Å². The summed E-state index contributed by atoms with van der Waals surface area (Å²) in [5.74, 6) is 0. The predicted octanol–water partition coefficient (Wildman–Crippen LogP) is 3.12. The van der Waals surface area contributed by atoms with Gasteiger partial charge < -0.3 is 5.32 Å². The third-order valence-corrected chi connectivity index (χ3v) is 4.30. The van der Waals surface area contributed by atoms with Gasteiger partial charge in [0.25, 0.3) is 0 Å². The Kier molecular flexibility index (Phi) is 6.95. The number of hydrogen-bond donors (Lipinski definition) is 1. The number of rotatable bonds is 3. The summed E-state index contributed by atoms with van der Waals surface area (Å²) in [4.78, 5) is 8.58. The van der Waals surface area contributed by atoms with Gasteiger partial charge in [0.1, 0.15) is 10.2 Å². The van der Waals surface area contributed by atoms with Crippen LogP contribution in [0.15, 0.2) is 16.2 Å². The monoisotopic (exact) mass is 311 g/mol. The second kappa shape index (κ2) is 7.69. The highest BCUT2D eigenvalue weighted by Crippen LogP contribution is 2.28. The number of thioether (sulfide) groups is 2. The van der Waals surface area contributed by atoms with Crippen molar-refractivity contribution in [1.29, 1.82) is 0 Å². The normalized spacial score (nSPS) is 19.8. The lowest BCUT2D eigenvalue weighted by Crippen LogP contribution is -2.31. The Morgan fingerprint density at radius 3 is 2.94 bits per heavy atom. The topological polar surface area (TPSA) is 37.8 Å². The zero-order valence-corrected chi connectivity index (χ0v) is 12.7. The van der Waals surface area contributed by atoms with Crippen LogP contribution < -0.4 is 5.32 Å². The quantitative estimate of drug-likeness (QED) is 0.527. The molecule has 2 rings (SSSR count). The van der Waals surface area contributed by atoms with Gasteiger partial charge in [-0.3, -0.25) is 0 Å². The molecule has 1 aromatic rings. The molecule has 1 aromatic heterocycles. The van der Waals surface area contributed by atoms with Crippen LogP contribution in [0.1, 0.15) is 12.8 Å². The predicted molar refractivity (Wildman–Crippen MR) is 77.8 cm³/mol. The molecule has 7 heteroatoms. The Morgan fingerprint density at radius 1 is 1.47 bits per heavy atom. The van der Waals surface area contributed by atoms with Crippen molar-refractivity contribution in [2.75, 3.05) is 19.3 Å². The lowest BCUT2D eigenvalue weighted by Gasteiger charge is -2.21. The van der Waals surface area contributed by atoms with E-state index in [0.717, 1.165) is 23.3 Å². The van der Waals surface area contributed by atoms with Gasteiger partial charge in [-0.05, 0) is 25.6 Å². The Labute approximate surface area is 121 Å². The summed E-state index contributed by atoms with van der Waals surface area (Å²) < 4.78 is 0. The van der Waals surface area contributed by atoms with Gasteiger partial charge in [-0.15, -0.1) is 24.2 Å². The van der Waals surface area contributed by atoms with Gasteiger partial charge in [0.05, 0.1) is 0 Å². The molecule has 0 aromatic carbocycles. The summed E-state index contributed by atoms with van der Waals surface area (Å²) in [7, 11) is 0. The third-order valence-electron chi connectivity index (χ3n) is 2.37. The van der Waals surface area contributed by atoms with Crippen LogP contribution >= 0.6 is 47.5 Å². The molecule has 0 bridgehead atoms. The summed E-state index contributed by atoms with van der Waals surface area (Å²) in [6.07, 6.45) is 4.45. The number of halogens is 2. The SMILES string of the molecule is CSc1nc(Cl)cc(SC2CCCNC2)n1.Cl. The second-order valence-corrected chi connectivity index (χ2v) is 6.08. The second-order valence-electron chi connectivity index (χ2n) is 3.60. The number of nitrogens with one attached hydrogen (secondary N) is 1. The van der Waals surface area contributed by atoms with E-state index >= 15 is 0 Å². The van der Waals surface area contributed by atoms with E-state index in [-0.39, 0.29) is 12.4 Å². The van der Waals surface area contributed by atoms with Gasteiger partial charge in [0, 0.05) is 17.9 Å². The lowest BCUT2D eigenvalue weighted by atomic mass is 10.2. The standard InChI is InChI=1S/C10H14ClN3S2.ClH/c1-15-10-13-8(11)5-9(14-10)16-7-3-2-4-12-6-7;/h5,7,12H,2-4,6H2,1H3;1H. The van der Waals surface area contributed by atoms with Crippen LogP contribution in [0, 0.1) is 0 Å². The molecule has 0 saturated carbocycles. The molecule has 1 atom stereocenters. The van der Waals surface area contributed by atoms with E-state index in [2.05, 4.69) is 15.3 Å². The Morgan fingerprint density at radius 2 is 2.29 bits per heavy atom. The molecule has 0 spiro atoms. The highest BCUT2D eigenvalue weighted by atomic mass is 35.5. The van der Waals surface area contributed by atoms with E-state index in [9.17, 15) is 0 Å². The van der Waals surface area contributed by atoms with Crippen molar-refractivity contribution in [3.05, 3.63) is 11.2 Å². The molecule has 3 nitrogen and oxygen atoms in total. The number of nitrogens with zero attached hydrogens (tertiary/aromatic N) is 2. The van der Waals surface area contributed by atoms with Crippen LogP contribution in [0.2, 0.25) is 5.15 Å². The molecule has 17 heavy (non-hydrogen) atoms. The molecule has 1 N–H and O–H groups in total. The van der Waals surface area contributed by atoms with E-state index in [1.165, 1.54) is 24.6 Å². The number of aromatic nitrogens is 2. The Hall–Kier alpha value is 0.320. The van der Waals surface area contributed by atoms with Gasteiger partial charge in [-0.2, -0.15) is 0 Å². The van der Waals surface area contributed by atoms with Crippen LogP contribution in [-0.4, -0.2) is 34.6 Å². The van der Waals surface area contributed by atoms with Crippen LogP contribution in [0.25, 0.3) is 0 Å². The zero-order valence-electron chi connectivity index (χ0n) is 9.48. The Balaban J connectivity index is 0.00000144. The first-order valence-electron chi connectivity index (χ1n) is 5.24. The van der Waals surface area contributed by atoms with E-state index in [1.807, 2.05) is 12.3 Å². The van der Waals surface area contributed by atoms with Gasteiger partial charge in [-0.25, -0.2) is 9.97 Å². The summed E-state index contributed by atoms with van der Waals surface area (Å²) >= 11 is 9.27. The van der Waals surface area contributed by atoms with Crippen LogP contribution in [0.5, 0.6) is 0 Å². The van der Waals surface area contributed by atoms with Crippen molar-refractivity contribution in [1.82, 2.24) is 15.3 Å². The van der Waals surface area contributed by atoms with Crippen LogP contribution in [0.3, 0.4) is 0 Å². The molecule has 96 valence electrons. The molecule has 1 unspecified atom stereocenters. The fourth-order valence-corrected chi connectivity index (χ4v) is 3.50. The van der Waals surface area contributed by atoms with Gasteiger partial charge in [0.2, 0.25) is 0 Å². The van der Waals surface area contributed by atoms with E-state index in [4.69, 9.17) is 11.6 Å². The van der Waals surface area contributed by atoms with Crippen molar-refractivity contribution in [2.24, 2.45) is 0 Å². The van der Waals surface area contributed by atoms with Gasteiger partial charge in [0.15, 0.2) is 5.16 Å². The fraction of sp³-hybridized carbons (Fsp3) is 0.600. The largest absolute Gasteiger partial charge is 0.316 e. The van der Waals surface area contributed by atoms with E-state index < -0.39 is 0 Å². The smallest absolute Gasteiger partial charge is 0.189 e. The maximum absolute atomic E-state index is 5.95. The molecule has 1 aliphatic heterocycles. The molecule has 0 aliphatic carbocycles. The average Bonchev–Trinajstić information content (AvgIpc) is 2.29. The van der Waals surface area contributed by atoms with Crippen molar-refractivity contribution in [2.45, 2.75) is 28.3 Å².